The fourth-order valence-electron chi connectivity index (χ4n) is 6.93. The maximum atomic E-state index is 14.1. The largest absolute Gasteiger partial charge is 0.480 e. The van der Waals surface area contributed by atoms with Crippen molar-refractivity contribution in [1.82, 2.24) is 30.8 Å². The number of likely N-dealkylation sites (tertiary alicyclic amines) is 1. The SMILES string of the molecule is C[C@@H](OP(=O)(O)O)[C@H](NC(=O)[C@@H]1CCCN1C(=O)[C@@H](NC(=O)[C@@H](N)Cc1c[nH]c2ccccc12)[C@@H](C)OP(=O)(O)O)C(=O)N[C@@H](Cc1c[nH]c2ccccc12)C(=O)O. The number of carboxylic acid groups (broad SMARTS) is 1. The minimum atomic E-state index is -5.28. The first-order valence-electron chi connectivity index (χ1n) is 18.0. The fourth-order valence-corrected chi connectivity index (χ4v) is 8.04. The van der Waals surface area contributed by atoms with E-state index in [0.717, 1.165) is 29.7 Å². The van der Waals surface area contributed by atoms with Gasteiger partial charge in [0.25, 0.3) is 0 Å². The van der Waals surface area contributed by atoms with Crippen LogP contribution in [0.5, 0.6) is 0 Å². The second-order valence-electron chi connectivity index (χ2n) is 13.9. The van der Waals surface area contributed by atoms with Crippen LogP contribution in [0.25, 0.3) is 21.8 Å². The second-order valence-corrected chi connectivity index (χ2v) is 16.3. The molecule has 1 fully saturated rings. The van der Waals surface area contributed by atoms with Crippen molar-refractivity contribution >= 4 is 67.0 Å². The summed E-state index contributed by atoms with van der Waals surface area (Å²) in [6.45, 7) is 2.07. The maximum absolute atomic E-state index is 14.1. The molecule has 1 saturated heterocycles. The molecule has 0 saturated carbocycles. The molecular formula is C35H45N7O14P2. The summed E-state index contributed by atoms with van der Waals surface area (Å²) in [4.78, 5) is 113. The van der Waals surface area contributed by atoms with E-state index in [-0.39, 0.29) is 32.2 Å². The van der Waals surface area contributed by atoms with Crippen LogP contribution in [0, 0.1) is 0 Å². The predicted octanol–water partition coefficient (Wildman–Crippen LogP) is 0.287. The number of carboxylic acids is 1. The van der Waals surface area contributed by atoms with Crippen LogP contribution >= 0.6 is 15.6 Å². The molecule has 12 N–H and O–H groups in total. The fraction of sp³-hybridized carbons (Fsp3) is 0.400. The number of amides is 4. The van der Waals surface area contributed by atoms with E-state index in [1.807, 2.05) is 18.2 Å². The van der Waals surface area contributed by atoms with Crippen molar-refractivity contribution < 1.29 is 66.8 Å². The number of H-pyrrole nitrogens is 2. The highest BCUT2D eigenvalue weighted by molar-refractivity contribution is 7.46. The number of hydrogen-bond donors (Lipinski definition) is 11. The molecule has 0 unspecified atom stereocenters. The zero-order valence-electron chi connectivity index (χ0n) is 31.2. The van der Waals surface area contributed by atoms with Crippen molar-refractivity contribution in [2.45, 2.75) is 81.9 Å². The zero-order valence-corrected chi connectivity index (χ0v) is 33.0. The third-order valence-electron chi connectivity index (χ3n) is 9.69. The quantitative estimate of drug-likeness (QED) is 0.0600. The molecule has 1 aliphatic heterocycles. The highest BCUT2D eigenvalue weighted by Crippen LogP contribution is 2.39. The first-order chi connectivity index (χ1) is 27.2. The van der Waals surface area contributed by atoms with Gasteiger partial charge in [0.15, 0.2) is 0 Å². The number of benzene rings is 2. The Kier molecular flexibility index (Phi) is 13.9. The molecule has 5 rings (SSSR count). The van der Waals surface area contributed by atoms with Crippen LogP contribution in [0.1, 0.15) is 37.8 Å². The Morgan fingerprint density at radius 1 is 0.793 bits per heavy atom. The molecule has 58 heavy (non-hydrogen) atoms. The van der Waals surface area contributed by atoms with Gasteiger partial charge in [-0.3, -0.25) is 28.2 Å². The van der Waals surface area contributed by atoms with Crippen molar-refractivity contribution in [2.24, 2.45) is 5.73 Å². The van der Waals surface area contributed by atoms with E-state index in [2.05, 4.69) is 25.9 Å². The van der Waals surface area contributed by atoms with E-state index >= 15 is 0 Å². The summed E-state index contributed by atoms with van der Waals surface area (Å²) in [5, 5.41) is 18.5. The van der Waals surface area contributed by atoms with Gasteiger partial charge in [0.1, 0.15) is 24.2 Å². The molecule has 0 radical (unpaired) electrons. The summed E-state index contributed by atoms with van der Waals surface area (Å²) in [5.41, 5.74) is 8.92. The lowest BCUT2D eigenvalue weighted by Gasteiger charge is -2.33. The van der Waals surface area contributed by atoms with Crippen molar-refractivity contribution in [3.05, 3.63) is 72.1 Å². The first kappa shape index (κ1) is 44.2. The summed E-state index contributed by atoms with van der Waals surface area (Å²) in [7, 11) is -10.5. The zero-order chi connectivity index (χ0) is 42.5. The number of aliphatic carboxylic acids is 1. The Hall–Kier alpha value is -4.95. The number of para-hydroxylation sites is 2. The lowest BCUT2D eigenvalue weighted by Crippen LogP contribution is -2.61. The van der Waals surface area contributed by atoms with Crippen molar-refractivity contribution in [2.75, 3.05) is 6.54 Å². The van der Waals surface area contributed by atoms with Gasteiger partial charge in [0.2, 0.25) is 23.6 Å². The minimum Gasteiger partial charge on any atom is -0.480 e. The van der Waals surface area contributed by atoms with Crippen LogP contribution in [-0.2, 0) is 55.0 Å². The topological polar surface area (TPSA) is 336 Å². The molecule has 23 heteroatoms. The number of phosphoric acid groups is 2. The number of fused-ring (bicyclic) bond motifs is 2. The maximum Gasteiger partial charge on any atom is 0.469 e. The number of nitrogens with zero attached hydrogens (tertiary/aromatic N) is 1. The van der Waals surface area contributed by atoms with Gasteiger partial charge < -0.3 is 61.2 Å². The molecule has 1 aliphatic rings. The van der Waals surface area contributed by atoms with E-state index in [1.165, 1.54) is 0 Å². The molecule has 2 aromatic heterocycles. The number of carbonyl (C=O) groups is 5. The minimum absolute atomic E-state index is 0.00205. The number of hydrogen-bond acceptors (Lipinski definition) is 10. The van der Waals surface area contributed by atoms with Crippen LogP contribution in [-0.4, -0.2) is 118 Å². The van der Waals surface area contributed by atoms with E-state index in [9.17, 15) is 57.8 Å². The molecule has 4 aromatic rings. The van der Waals surface area contributed by atoms with E-state index in [0.29, 0.717) is 22.0 Å². The average molecular weight is 850 g/mol. The van der Waals surface area contributed by atoms with Gasteiger partial charge in [-0.15, -0.1) is 0 Å². The molecule has 0 bridgehead atoms. The van der Waals surface area contributed by atoms with Gasteiger partial charge in [0.05, 0.1) is 18.2 Å². The highest BCUT2D eigenvalue weighted by atomic mass is 31.2. The van der Waals surface area contributed by atoms with Gasteiger partial charge >= 0.3 is 21.6 Å². The Morgan fingerprint density at radius 2 is 1.31 bits per heavy atom. The first-order valence-corrected chi connectivity index (χ1v) is 21.1. The molecule has 3 heterocycles. The van der Waals surface area contributed by atoms with Gasteiger partial charge in [-0.25, -0.2) is 13.9 Å². The second kappa shape index (κ2) is 18.3. The van der Waals surface area contributed by atoms with Crippen LogP contribution in [0.3, 0.4) is 0 Å². The normalized spacial score (nSPS) is 17.9. The number of phosphoric ester groups is 2. The van der Waals surface area contributed by atoms with Crippen molar-refractivity contribution in [1.29, 1.82) is 0 Å². The van der Waals surface area contributed by atoms with E-state index < -0.39 is 87.7 Å². The van der Waals surface area contributed by atoms with Crippen LogP contribution in [0.15, 0.2) is 60.9 Å². The van der Waals surface area contributed by atoms with Gasteiger partial charge in [-0.1, -0.05) is 36.4 Å². The number of nitrogens with one attached hydrogen (secondary N) is 5. The number of nitrogens with two attached hydrogens (primary N) is 1. The Balaban J connectivity index is 1.34. The van der Waals surface area contributed by atoms with Crippen LogP contribution < -0.4 is 21.7 Å². The smallest absolute Gasteiger partial charge is 0.469 e. The molecule has 7 atom stereocenters. The monoisotopic (exact) mass is 849 g/mol. The van der Waals surface area contributed by atoms with Gasteiger partial charge in [-0.05, 0) is 56.4 Å². The summed E-state index contributed by atoms with van der Waals surface area (Å²) < 4.78 is 33.1. The number of carbonyl (C=O) groups excluding carboxylic acids is 4. The molecule has 0 spiro atoms. The third-order valence-corrected chi connectivity index (χ3v) is 10.9. The number of rotatable bonds is 18. The Morgan fingerprint density at radius 3 is 1.84 bits per heavy atom. The average Bonchev–Trinajstić information content (AvgIpc) is 3.90. The van der Waals surface area contributed by atoms with E-state index in [4.69, 9.17) is 14.8 Å². The molecule has 0 aliphatic carbocycles. The van der Waals surface area contributed by atoms with Gasteiger partial charge in [-0.2, -0.15) is 0 Å². The van der Waals surface area contributed by atoms with Crippen molar-refractivity contribution in [3.63, 3.8) is 0 Å². The summed E-state index contributed by atoms with van der Waals surface area (Å²) in [6, 6.07) is 6.31. The number of aromatic nitrogens is 2. The Labute approximate surface area is 330 Å². The molecular weight excluding hydrogens is 804 g/mol. The number of aromatic amines is 2. The molecule has 314 valence electrons. The highest BCUT2D eigenvalue weighted by Gasteiger charge is 2.44. The molecule has 4 amide bonds. The summed E-state index contributed by atoms with van der Waals surface area (Å²) in [5.74, 6) is -5.56. The third kappa shape index (κ3) is 11.2. The summed E-state index contributed by atoms with van der Waals surface area (Å²) in [6.07, 6.45) is -0.224. The standard InChI is InChI=1S/C35H45N7O14P2/c1-18(55-57(49,50)51)29(33(45)39-27(35(47)48)15-21-17-38-26-11-6-4-9-23(21)26)40-32(44)28-12-7-13-42(28)34(46)30(19(2)56-58(52,53)54)41-31(43)24(36)14-20-16-37-25-10-5-3-8-22(20)25/h3-6,8-11,16-19,24,27-30,37-38H,7,12-15,36H2,1-2H3,(H,39,45)(H,40,44)(H,41,43)(H,47,48)(H2,49,50,51)(H2,52,53,54)/t18-,19-,24+,27+,28+,29+,30+/m1/s1. The Bertz CT molecular complexity index is 2250. The lowest BCUT2D eigenvalue weighted by atomic mass is 10.0. The lowest BCUT2D eigenvalue weighted by molar-refractivity contribution is -0.145. The molecule has 2 aromatic carbocycles. The van der Waals surface area contributed by atoms with Crippen LogP contribution in [0.2, 0.25) is 0 Å². The predicted molar refractivity (Wildman–Crippen MR) is 205 cm³/mol. The molecule has 21 nitrogen and oxygen atoms in total. The van der Waals surface area contributed by atoms with Crippen LogP contribution in [0.4, 0.5) is 0 Å². The van der Waals surface area contributed by atoms with Crippen molar-refractivity contribution in [3.8, 4) is 0 Å². The van der Waals surface area contributed by atoms with E-state index in [1.54, 1.807) is 42.7 Å². The summed E-state index contributed by atoms with van der Waals surface area (Å²) >= 11 is 0. The van der Waals surface area contributed by atoms with Gasteiger partial charge in [0, 0.05) is 47.2 Å².